The number of hydrogen-bond donors (Lipinski definition) is 2. The Labute approximate surface area is 218 Å². The maximum absolute atomic E-state index is 10.6. The van der Waals surface area contributed by atoms with E-state index in [1.807, 2.05) is 30.3 Å². The summed E-state index contributed by atoms with van der Waals surface area (Å²) in [5.41, 5.74) is 1.30. The van der Waals surface area contributed by atoms with Crippen LogP contribution in [0, 0.1) is 0 Å². The van der Waals surface area contributed by atoms with Gasteiger partial charge in [-0.2, -0.15) is 26.3 Å². The molecule has 1 aliphatic heterocycles. The summed E-state index contributed by atoms with van der Waals surface area (Å²) in [6, 6.07) is 14.5. The van der Waals surface area contributed by atoms with Crippen molar-refractivity contribution >= 4 is 11.9 Å². The number of aromatic nitrogens is 1. The van der Waals surface area contributed by atoms with Crippen LogP contribution >= 0.6 is 0 Å². The summed E-state index contributed by atoms with van der Waals surface area (Å²) >= 11 is 0. The van der Waals surface area contributed by atoms with Crippen molar-refractivity contribution < 1.29 is 60.4 Å². The first-order chi connectivity index (χ1) is 18.2. The molecule has 0 spiro atoms. The molecule has 0 amide bonds. The van der Waals surface area contributed by atoms with E-state index >= 15 is 0 Å². The lowest BCUT2D eigenvalue weighted by atomic mass is 10.1. The van der Waals surface area contributed by atoms with Crippen LogP contribution in [0.3, 0.4) is 0 Å². The molecule has 2 N–H and O–H groups in total. The fourth-order valence-electron chi connectivity index (χ4n) is 3.85. The molecule has 1 aromatic heterocycles. The van der Waals surface area contributed by atoms with Crippen molar-refractivity contribution in [2.75, 3.05) is 20.3 Å². The van der Waals surface area contributed by atoms with Gasteiger partial charge in [0.2, 0.25) is 5.88 Å². The normalized spacial score (nSPS) is 20.8. The molecular formula is C24H26F6N2O7. The number of benzene rings is 1. The van der Waals surface area contributed by atoms with Crippen LogP contribution in [0.4, 0.5) is 26.3 Å². The maximum Gasteiger partial charge on any atom is 0.490 e. The summed E-state index contributed by atoms with van der Waals surface area (Å²) in [6.07, 6.45) is -6.10. The van der Waals surface area contributed by atoms with Gasteiger partial charge in [-0.15, -0.1) is 0 Å². The first kappa shape index (κ1) is 31.6. The predicted octanol–water partition coefficient (Wildman–Crippen LogP) is 4.17. The number of carbonyl (C=O) groups is 2. The van der Waals surface area contributed by atoms with E-state index in [4.69, 9.17) is 34.0 Å². The molecule has 0 bridgehead atoms. The quantitative estimate of drug-likeness (QED) is 0.513. The number of rotatable bonds is 5. The lowest BCUT2D eigenvalue weighted by molar-refractivity contribution is -0.193. The van der Waals surface area contributed by atoms with Crippen molar-refractivity contribution in [3.05, 3.63) is 54.2 Å². The standard InChI is InChI=1S/C20H24N2O3.2C2HF3O2/c1-23-16-7-5-15(6-8-16)14-22-12-13-24-20-17(22)9-10-18(20)25-19-4-2-3-11-21-19;2*3-2(4,5)1(6)7/h2-8,11,17-18,20H,9-10,12-14H2,1H3;2*(H,6,7)/t17-,18+,20+;;/m0../s1. The fraction of sp³-hybridized carbons (Fsp3) is 0.458. The molecule has 1 saturated carbocycles. The second-order valence-corrected chi connectivity index (χ2v) is 8.23. The minimum absolute atomic E-state index is 0.0820. The second kappa shape index (κ2) is 14.0. The van der Waals surface area contributed by atoms with Gasteiger partial charge >= 0.3 is 24.3 Å². The van der Waals surface area contributed by atoms with Crippen LogP contribution < -0.4 is 9.47 Å². The molecule has 1 aliphatic carbocycles. The predicted molar refractivity (Wildman–Crippen MR) is 122 cm³/mol. The number of carboxylic acids is 2. The Hall–Kier alpha value is -3.59. The molecule has 2 heterocycles. The molecule has 4 rings (SSSR count). The first-order valence-corrected chi connectivity index (χ1v) is 11.4. The molecule has 2 aromatic rings. The van der Waals surface area contributed by atoms with Gasteiger partial charge in [-0.3, -0.25) is 4.90 Å². The van der Waals surface area contributed by atoms with Crippen LogP contribution in [-0.4, -0.2) is 82.9 Å². The summed E-state index contributed by atoms with van der Waals surface area (Å²) in [6.45, 7) is 2.65. The Morgan fingerprint density at radius 2 is 1.59 bits per heavy atom. The zero-order valence-corrected chi connectivity index (χ0v) is 20.5. The second-order valence-electron chi connectivity index (χ2n) is 8.23. The highest BCUT2D eigenvalue weighted by Gasteiger charge is 2.44. The van der Waals surface area contributed by atoms with Gasteiger partial charge in [0.1, 0.15) is 18.0 Å². The zero-order chi connectivity index (χ0) is 29.2. The number of carboxylic acid groups (broad SMARTS) is 2. The number of hydrogen-bond acceptors (Lipinski definition) is 7. The van der Waals surface area contributed by atoms with Gasteiger partial charge in [-0.05, 0) is 36.6 Å². The largest absolute Gasteiger partial charge is 0.497 e. The molecule has 3 atom stereocenters. The summed E-state index contributed by atoms with van der Waals surface area (Å²) in [5, 5.41) is 14.2. The Kier molecular flexibility index (Phi) is 11.3. The number of ether oxygens (including phenoxy) is 3. The van der Waals surface area contributed by atoms with Crippen LogP contribution in [0.15, 0.2) is 48.7 Å². The van der Waals surface area contributed by atoms with E-state index in [0.29, 0.717) is 11.9 Å². The molecule has 1 saturated heterocycles. The van der Waals surface area contributed by atoms with Gasteiger partial charge in [0.05, 0.1) is 13.7 Å². The Morgan fingerprint density at radius 3 is 2.08 bits per heavy atom. The topological polar surface area (TPSA) is 118 Å². The Bertz CT molecular complexity index is 1030. The van der Waals surface area contributed by atoms with Crippen molar-refractivity contribution in [1.29, 1.82) is 0 Å². The van der Waals surface area contributed by atoms with Gasteiger partial charge in [-0.1, -0.05) is 18.2 Å². The molecule has 1 aromatic carbocycles. The average Bonchev–Trinajstić information content (AvgIpc) is 3.28. The number of methoxy groups -OCH3 is 1. The number of nitrogens with zero attached hydrogens (tertiary/aromatic N) is 2. The molecule has 216 valence electrons. The van der Waals surface area contributed by atoms with Crippen LogP contribution in [0.1, 0.15) is 18.4 Å². The minimum Gasteiger partial charge on any atom is -0.497 e. The van der Waals surface area contributed by atoms with E-state index in [0.717, 1.165) is 38.3 Å². The summed E-state index contributed by atoms with van der Waals surface area (Å²) < 4.78 is 80.9. The van der Waals surface area contributed by atoms with Crippen LogP contribution in [0.5, 0.6) is 11.6 Å². The van der Waals surface area contributed by atoms with Gasteiger partial charge in [0.25, 0.3) is 0 Å². The van der Waals surface area contributed by atoms with Crippen molar-refractivity contribution in [3.63, 3.8) is 0 Å². The number of fused-ring (bicyclic) bond motifs is 1. The van der Waals surface area contributed by atoms with Crippen LogP contribution in [-0.2, 0) is 20.9 Å². The average molecular weight is 568 g/mol. The zero-order valence-electron chi connectivity index (χ0n) is 20.5. The van der Waals surface area contributed by atoms with Gasteiger partial charge < -0.3 is 24.4 Å². The third kappa shape index (κ3) is 10.2. The highest BCUT2D eigenvalue weighted by atomic mass is 19.4. The fourth-order valence-corrected chi connectivity index (χ4v) is 3.85. The third-order valence-corrected chi connectivity index (χ3v) is 5.59. The lowest BCUT2D eigenvalue weighted by Crippen LogP contribution is -2.51. The van der Waals surface area contributed by atoms with Gasteiger partial charge in [0.15, 0.2) is 0 Å². The molecule has 2 fully saturated rings. The number of alkyl halides is 6. The molecule has 0 unspecified atom stereocenters. The summed E-state index contributed by atoms with van der Waals surface area (Å²) in [4.78, 5) is 24.6. The molecule has 2 aliphatic rings. The summed E-state index contributed by atoms with van der Waals surface area (Å²) in [7, 11) is 1.70. The highest BCUT2D eigenvalue weighted by Crippen LogP contribution is 2.33. The monoisotopic (exact) mass is 568 g/mol. The van der Waals surface area contributed by atoms with E-state index < -0.39 is 24.3 Å². The van der Waals surface area contributed by atoms with E-state index in [-0.39, 0.29) is 12.2 Å². The molecular weight excluding hydrogens is 542 g/mol. The van der Waals surface area contributed by atoms with Crippen molar-refractivity contribution in [2.45, 2.75) is 50.0 Å². The first-order valence-electron chi connectivity index (χ1n) is 11.4. The van der Waals surface area contributed by atoms with Gasteiger partial charge in [-0.25, -0.2) is 14.6 Å². The van der Waals surface area contributed by atoms with E-state index in [1.165, 1.54) is 5.56 Å². The van der Waals surface area contributed by atoms with Crippen molar-refractivity contribution in [2.24, 2.45) is 0 Å². The smallest absolute Gasteiger partial charge is 0.490 e. The lowest BCUT2D eigenvalue weighted by Gasteiger charge is -2.39. The maximum atomic E-state index is 10.6. The van der Waals surface area contributed by atoms with Crippen LogP contribution in [0.2, 0.25) is 0 Å². The van der Waals surface area contributed by atoms with Gasteiger partial charge in [0, 0.05) is 31.4 Å². The number of halogens is 6. The van der Waals surface area contributed by atoms with Crippen LogP contribution in [0.25, 0.3) is 0 Å². The van der Waals surface area contributed by atoms with Crippen molar-refractivity contribution in [3.8, 4) is 11.6 Å². The van der Waals surface area contributed by atoms with E-state index in [2.05, 4.69) is 22.0 Å². The summed E-state index contributed by atoms with van der Waals surface area (Å²) in [5.74, 6) is -3.93. The van der Waals surface area contributed by atoms with E-state index in [9.17, 15) is 26.3 Å². The third-order valence-electron chi connectivity index (χ3n) is 5.59. The molecule has 39 heavy (non-hydrogen) atoms. The van der Waals surface area contributed by atoms with Crippen molar-refractivity contribution in [1.82, 2.24) is 9.88 Å². The minimum atomic E-state index is -5.08. The van der Waals surface area contributed by atoms with E-state index in [1.54, 1.807) is 13.3 Å². The number of morpholine rings is 1. The highest BCUT2D eigenvalue weighted by molar-refractivity contribution is 5.73. The number of pyridine rings is 1. The SMILES string of the molecule is COc1ccc(CN2CCO[C@H]3[C@H](Oc4ccccn4)CC[C@@H]32)cc1.O=C(O)C(F)(F)F.O=C(O)C(F)(F)F. The molecule has 9 nitrogen and oxygen atoms in total. The number of aliphatic carboxylic acids is 2. The molecule has 0 radical (unpaired) electrons. The molecule has 15 heteroatoms. The Morgan fingerprint density at radius 1 is 1.00 bits per heavy atom. The Balaban J connectivity index is 0.000000317.